The highest BCUT2D eigenvalue weighted by Crippen LogP contribution is 2.41. The zero-order chi connectivity index (χ0) is 21.8. The Morgan fingerprint density at radius 3 is 2.97 bits per heavy atom. The summed E-state index contributed by atoms with van der Waals surface area (Å²) in [5.41, 5.74) is 1.21. The summed E-state index contributed by atoms with van der Waals surface area (Å²) in [4.78, 5) is 25.5. The molecule has 7 nitrogen and oxygen atoms in total. The second kappa shape index (κ2) is 7.88. The monoisotopic (exact) mass is 468 g/mol. The highest BCUT2D eigenvalue weighted by molar-refractivity contribution is 7.99. The van der Waals surface area contributed by atoms with E-state index in [1.54, 1.807) is 22.2 Å². The van der Waals surface area contributed by atoms with Gasteiger partial charge >= 0.3 is 0 Å². The largest absolute Gasteiger partial charge is 0.467 e. The third-order valence-corrected chi connectivity index (χ3v) is 8.53. The van der Waals surface area contributed by atoms with Crippen molar-refractivity contribution in [3.63, 3.8) is 0 Å². The number of rotatable bonds is 6. The first-order chi connectivity index (χ1) is 15.6. The molecule has 2 atom stereocenters. The molecule has 0 aliphatic heterocycles. The SMILES string of the molecule is CC1CCc2c(sc3nc(SC(C)c4nc(C5CC5)no4)n(Cc4ccco4)c(=O)c23)C1. The van der Waals surface area contributed by atoms with Gasteiger partial charge in [-0.25, -0.2) is 4.98 Å². The lowest BCUT2D eigenvalue weighted by atomic mass is 9.89. The maximum Gasteiger partial charge on any atom is 0.263 e. The number of nitrogens with zero attached hydrogens (tertiary/aromatic N) is 4. The molecule has 9 heteroatoms. The molecule has 4 heterocycles. The second-order valence-electron chi connectivity index (χ2n) is 8.92. The molecule has 1 fully saturated rings. The minimum absolute atomic E-state index is 0.0114. The van der Waals surface area contributed by atoms with Gasteiger partial charge in [-0.05, 0) is 62.6 Å². The number of thioether (sulfide) groups is 1. The Labute approximate surface area is 193 Å². The van der Waals surface area contributed by atoms with Crippen LogP contribution in [0.15, 0.2) is 37.3 Å². The van der Waals surface area contributed by atoms with Crippen molar-refractivity contribution in [2.45, 2.75) is 68.8 Å². The van der Waals surface area contributed by atoms with Crippen LogP contribution in [-0.4, -0.2) is 19.7 Å². The molecule has 2 unspecified atom stereocenters. The fraction of sp³-hybridized carbons (Fsp3) is 0.478. The lowest BCUT2D eigenvalue weighted by Gasteiger charge is -2.18. The van der Waals surface area contributed by atoms with Gasteiger partial charge in [0.2, 0.25) is 5.89 Å². The van der Waals surface area contributed by atoms with Crippen LogP contribution in [0.2, 0.25) is 0 Å². The zero-order valence-electron chi connectivity index (χ0n) is 18.0. The molecule has 0 bridgehead atoms. The summed E-state index contributed by atoms with van der Waals surface area (Å²) in [5.74, 6) is 3.19. The van der Waals surface area contributed by atoms with Crippen molar-refractivity contribution in [1.29, 1.82) is 0 Å². The fourth-order valence-electron chi connectivity index (χ4n) is 4.32. The van der Waals surface area contributed by atoms with Crippen molar-refractivity contribution in [2.24, 2.45) is 5.92 Å². The van der Waals surface area contributed by atoms with Gasteiger partial charge < -0.3 is 8.94 Å². The van der Waals surface area contributed by atoms with Crippen molar-refractivity contribution in [3.8, 4) is 0 Å². The van der Waals surface area contributed by atoms with Crippen LogP contribution < -0.4 is 5.56 Å². The first-order valence-electron chi connectivity index (χ1n) is 11.1. The summed E-state index contributed by atoms with van der Waals surface area (Å²) < 4.78 is 12.8. The lowest BCUT2D eigenvalue weighted by Crippen LogP contribution is -2.24. The number of aryl methyl sites for hydroxylation is 1. The van der Waals surface area contributed by atoms with Crippen molar-refractivity contribution in [3.05, 3.63) is 56.7 Å². The van der Waals surface area contributed by atoms with Crippen LogP contribution in [0.1, 0.15) is 72.2 Å². The van der Waals surface area contributed by atoms with Gasteiger partial charge in [0.25, 0.3) is 5.56 Å². The third kappa shape index (κ3) is 3.61. The molecule has 0 aromatic carbocycles. The minimum atomic E-state index is -0.114. The van der Waals surface area contributed by atoms with E-state index in [-0.39, 0.29) is 10.8 Å². The molecule has 4 aromatic rings. The van der Waals surface area contributed by atoms with E-state index in [1.165, 1.54) is 22.2 Å². The van der Waals surface area contributed by atoms with E-state index in [4.69, 9.17) is 13.9 Å². The molecular formula is C23H24N4O3S2. The van der Waals surface area contributed by atoms with Gasteiger partial charge in [-0.15, -0.1) is 11.3 Å². The molecule has 0 radical (unpaired) electrons. The summed E-state index contributed by atoms with van der Waals surface area (Å²) >= 11 is 3.16. The normalized spacial score (nSPS) is 19.4. The van der Waals surface area contributed by atoms with Crippen LogP contribution >= 0.6 is 23.1 Å². The average Bonchev–Trinajstić information content (AvgIpc) is 3.16. The highest BCUT2D eigenvalue weighted by Gasteiger charge is 2.31. The smallest absolute Gasteiger partial charge is 0.263 e. The van der Waals surface area contributed by atoms with Gasteiger partial charge in [0.15, 0.2) is 11.0 Å². The summed E-state index contributed by atoms with van der Waals surface area (Å²) in [5, 5.41) is 5.47. The minimum Gasteiger partial charge on any atom is -0.467 e. The quantitative estimate of drug-likeness (QED) is 0.279. The predicted molar refractivity (Wildman–Crippen MR) is 123 cm³/mol. The Hall–Kier alpha value is -2.39. The van der Waals surface area contributed by atoms with E-state index in [1.807, 2.05) is 19.1 Å². The van der Waals surface area contributed by atoms with Gasteiger partial charge in [-0.2, -0.15) is 4.98 Å². The maximum absolute atomic E-state index is 13.7. The lowest BCUT2D eigenvalue weighted by molar-refractivity contribution is 0.374. The van der Waals surface area contributed by atoms with E-state index in [0.29, 0.717) is 29.4 Å². The van der Waals surface area contributed by atoms with Crippen LogP contribution in [0, 0.1) is 5.92 Å². The van der Waals surface area contributed by atoms with Gasteiger partial charge in [0, 0.05) is 10.8 Å². The summed E-state index contributed by atoms with van der Waals surface area (Å²) in [6.07, 6.45) is 6.98. The molecule has 4 aromatic heterocycles. The second-order valence-corrected chi connectivity index (χ2v) is 11.3. The molecule has 0 spiro atoms. The molecule has 6 rings (SSSR count). The molecule has 1 saturated carbocycles. The van der Waals surface area contributed by atoms with Crippen LogP contribution in [0.25, 0.3) is 10.2 Å². The average molecular weight is 469 g/mol. The Kier molecular flexibility index (Phi) is 4.98. The Balaban J connectivity index is 1.42. The van der Waals surface area contributed by atoms with Crippen LogP contribution in [0.3, 0.4) is 0 Å². The third-order valence-electron chi connectivity index (χ3n) is 6.30. The molecule has 2 aliphatic rings. The number of thiophene rings is 1. The summed E-state index contributed by atoms with van der Waals surface area (Å²) in [6.45, 7) is 4.64. The number of fused-ring (bicyclic) bond motifs is 3. The van der Waals surface area contributed by atoms with E-state index in [0.717, 1.165) is 53.9 Å². The summed E-state index contributed by atoms with van der Waals surface area (Å²) in [7, 11) is 0. The van der Waals surface area contributed by atoms with E-state index >= 15 is 0 Å². The Bertz CT molecular complexity index is 1330. The molecule has 0 saturated heterocycles. The van der Waals surface area contributed by atoms with Crippen molar-refractivity contribution >= 4 is 33.3 Å². The van der Waals surface area contributed by atoms with E-state index in [2.05, 4.69) is 17.1 Å². The molecular weight excluding hydrogens is 444 g/mol. The molecule has 2 aliphatic carbocycles. The first kappa shape index (κ1) is 20.2. The Morgan fingerprint density at radius 1 is 1.31 bits per heavy atom. The molecule has 0 N–H and O–H groups in total. The molecule has 32 heavy (non-hydrogen) atoms. The van der Waals surface area contributed by atoms with Gasteiger partial charge in [-0.1, -0.05) is 23.8 Å². The first-order valence-corrected chi connectivity index (χ1v) is 12.8. The number of furan rings is 1. The number of aromatic nitrogens is 4. The van der Waals surface area contributed by atoms with Crippen molar-refractivity contribution in [1.82, 2.24) is 19.7 Å². The van der Waals surface area contributed by atoms with E-state index in [9.17, 15) is 4.79 Å². The molecule has 166 valence electrons. The topological polar surface area (TPSA) is 86.9 Å². The predicted octanol–water partition coefficient (Wildman–Crippen LogP) is 5.34. The maximum atomic E-state index is 13.7. The van der Waals surface area contributed by atoms with Crippen LogP contribution in [0.5, 0.6) is 0 Å². The summed E-state index contributed by atoms with van der Waals surface area (Å²) in [6, 6.07) is 3.73. The van der Waals surface area contributed by atoms with Crippen LogP contribution in [0.4, 0.5) is 0 Å². The van der Waals surface area contributed by atoms with Gasteiger partial charge in [0.05, 0.1) is 23.4 Å². The zero-order valence-corrected chi connectivity index (χ0v) is 19.7. The number of hydrogen-bond acceptors (Lipinski definition) is 8. The fourth-order valence-corrected chi connectivity index (χ4v) is 6.68. The van der Waals surface area contributed by atoms with Crippen molar-refractivity contribution in [2.75, 3.05) is 0 Å². The van der Waals surface area contributed by atoms with E-state index < -0.39 is 0 Å². The van der Waals surface area contributed by atoms with Crippen molar-refractivity contribution < 1.29 is 8.94 Å². The molecule has 0 amide bonds. The van der Waals surface area contributed by atoms with Crippen LogP contribution in [-0.2, 0) is 19.4 Å². The Morgan fingerprint density at radius 2 is 2.19 bits per heavy atom. The van der Waals surface area contributed by atoms with Gasteiger partial charge in [0.1, 0.15) is 10.6 Å². The standard InChI is InChI=1S/C23H24N4O3S2/c1-12-5-8-16-17(10-12)32-21-18(16)22(28)27(11-15-4-3-9-29-15)23(25-21)31-13(2)20-24-19(26-30-20)14-6-7-14/h3-4,9,12-14H,5-8,10-11H2,1-2H3. The highest BCUT2D eigenvalue weighted by atomic mass is 32.2. The number of hydrogen-bond donors (Lipinski definition) is 0. The van der Waals surface area contributed by atoms with Gasteiger partial charge in [-0.3, -0.25) is 9.36 Å².